The van der Waals surface area contributed by atoms with E-state index >= 15 is 0 Å². The number of hydrogen-bond donors (Lipinski definition) is 0. The third kappa shape index (κ3) is 3.56. The van der Waals surface area contributed by atoms with E-state index in [-0.39, 0.29) is 28.6 Å². The topological polar surface area (TPSA) is 70.3 Å². The van der Waals surface area contributed by atoms with Gasteiger partial charge in [-0.05, 0) is 18.6 Å². The zero-order valence-corrected chi connectivity index (χ0v) is 14.5. The van der Waals surface area contributed by atoms with Gasteiger partial charge in [-0.15, -0.1) is 6.58 Å². The quantitative estimate of drug-likeness (QED) is 0.462. The van der Waals surface area contributed by atoms with Crippen molar-refractivity contribution >= 4 is 17.6 Å². The summed E-state index contributed by atoms with van der Waals surface area (Å²) in [5.74, 6) is -0.549. The maximum atomic E-state index is 12.9. The van der Waals surface area contributed by atoms with Crippen molar-refractivity contribution in [2.75, 3.05) is 0 Å². The Balaban J connectivity index is 2.87. The Morgan fingerprint density at radius 1 is 1.40 bits per heavy atom. The smallest absolute Gasteiger partial charge is 0.335 e. The van der Waals surface area contributed by atoms with Crippen LogP contribution in [0.4, 0.5) is 4.39 Å². The van der Waals surface area contributed by atoms with Crippen molar-refractivity contribution < 1.29 is 13.9 Å². The molecule has 2 rings (SSSR count). The van der Waals surface area contributed by atoms with Crippen LogP contribution in [0.25, 0.3) is 5.69 Å². The van der Waals surface area contributed by atoms with Crippen molar-refractivity contribution in [3.05, 3.63) is 68.0 Å². The van der Waals surface area contributed by atoms with Gasteiger partial charge < -0.3 is 4.74 Å². The molecular weight excluding hydrogens is 351 g/mol. The maximum Gasteiger partial charge on any atom is 0.335 e. The molecule has 0 saturated carbocycles. The second kappa shape index (κ2) is 7.48. The molecule has 8 heteroatoms. The Hall–Kier alpha value is -2.67. The fourth-order valence-electron chi connectivity index (χ4n) is 2.42. The van der Waals surface area contributed by atoms with Gasteiger partial charge in [-0.2, -0.15) is 0 Å². The van der Waals surface area contributed by atoms with Crippen LogP contribution in [0.1, 0.15) is 18.2 Å². The summed E-state index contributed by atoms with van der Waals surface area (Å²) >= 11 is 6.10. The molecule has 0 unspecified atom stereocenters. The highest BCUT2D eigenvalue weighted by atomic mass is 35.5. The van der Waals surface area contributed by atoms with E-state index in [0.29, 0.717) is 5.56 Å². The molecule has 0 aliphatic rings. The Kier molecular flexibility index (Phi) is 5.58. The lowest BCUT2D eigenvalue weighted by Crippen LogP contribution is -2.39. The molecule has 0 aliphatic heterocycles. The van der Waals surface area contributed by atoms with Gasteiger partial charge in [0, 0.05) is 25.6 Å². The summed E-state index contributed by atoms with van der Waals surface area (Å²) in [5, 5.41) is 0.154. The van der Waals surface area contributed by atoms with Crippen LogP contribution in [0.15, 0.2) is 40.4 Å². The molecule has 0 fully saturated rings. The molecule has 0 aliphatic carbocycles. The molecule has 0 N–H and O–H groups in total. The predicted molar refractivity (Wildman–Crippen MR) is 92.3 cm³/mol. The molecule has 0 spiro atoms. The van der Waals surface area contributed by atoms with E-state index in [1.807, 2.05) is 0 Å². The average molecular weight is 367 g/mol. The molecule has 1 aromatic heterocycles. The van der Waals surface area contributed by atoms with Gasteiger partial charge in [-0.3, -0.25) is 14.2 Å². The van der Waals surface area contributed by atoms with E-state index in [1.54, 1.807) is 0 Å². The largest absolute Gasteiger partial charge is 0.425 e. The number of rotatable bonds is 5. The van der Waals surface area contributed by atoms with Crippen molar-refractivity contribution in [2.24, 2.45) is 7.05 Å². The molecule has 1 aromatic carbocycles. The van der Waals surface area contributed by atoms with E-state index in [0.717, 1.165) is 15.2 Å². The molecule has 0 saturated heterocycles. The minimum atomic E-state index is -0.944. The van der Waals surface area contributed by atoms with Crippen molar-refractivity contribution in [1.29, 1.82) is 0 Å². The van der Waals surface area contributed by atoms with E-state index in [2.05, 4.69) is 6.58 Å². The van der Waals surface area contributed by atoms with Crippen LogP contribution in [0.2, 0.25) is 5.02 Å². The van der Waals surface area contributed by atoms with Gasteiger partial charge in [-0.25, -0.2) is 13.8 Å². The van der Waals surface area contributed by atoms with Crippen molar-refractivity contribution in [3.63, 3.8) is 0 Å². The van der Waals surface area contributed by atoms with Crippen LogP contribution in [-0.4, -0.2) is 15.1 Å². The SMILES string of the molecule is C=CCc1c(-n2c(=O)cc(CF)n(C)c2=O)ccc(Cl)c1OC(C)=O. The number of ether oxygens (including phenoxy) is 1. The highest BCUT2D eigenvalue weighted by molar-refractivity contribution is 6.32. The molecule has 0 amide bonds. The van der Waals surface area contributed by atoms with Crippen LogP contribution in [0, 0.1) is 0 Å². The van der Waals surface area contributed by atoms with Crippen LogP contribution < -0.4 is 16.0 Å². The molecule has 132 valence electrons. The van der Waals surface area contributed by atoms with Crippen molar-refractivity contribution in [1.82, 2.24) is 9.13 Å². The van der Waals surface area contributed by atoms with E-state index in [1.165, 1.54) is 32.2 Å². The van der Waals surface area contributed by atoms with Crippen molar-refractivity contribution in [3.8, 4) is 11.4 Å². The van der Waals surface area contributed by atoms with Gasteiger partial charge in [0.05, 0.1) is 16.4 Å². The predicted octanol–water partition coefficient (Wildman–Crippen LogP) is 2.31. The normalized spacial score (nSPS) is 10.6. The van der Waals surface area contributed by atoms with Crippen molar-refractivity contribution in [2.45, 2.75) is 20.0 Å². The fourth-order valence-corrected chi connectivity index (χ4v) is 2.63. The van der Waals surface area contributed by atoms with Gasteiger partial charge in [0.15, 0.2) is 5.75 Å². The van der Waals surface area contributed by atoms with E-state index < -0.39 is 23.9 Å². The average Bonchev–Trinajstić information content (AvgIpc) is 2.56. The number of allylic oxidation sites excluding steroid dienone is 1. The number of carbonyl (C=O) groups excluding carboxylic acids is 1. The summed E-state index contributed by atoms with van der Waals surface area (Å²) in [5.41, 5.74) is -0.911. The third-order valence-electron chi connectivity index (χ3n) is 3.58. The summed E-state index contributed by atoms with van der Waals surface area (Å²) < 4.78 is 20.0. The number of alkyl halides is 1. The lowest BCUT2D eigenvalue weighted by Gasteiger charge is -2.16. The minimum absolute atomic E-state index is 0.0364. The number of aromatic nitrogens is 2. The third-order valence-corrected chi connectivity index (χ3v) is 3.88. The zero-order valence-electron chi connectivity index (χ0n) is 13.7. The summed E-state index contributed by atoms with van der Waals surface area (Å²) in [4.78, 5) is 36.3. The second-order valence-electron chi connectivity index (χ2n) is 5.25. The monoisotopic (exact) mass is 366 g/mol. The summed E-state index contributed by atoms with van der Waals surface area (Å²) in [6.45, 7) is 3.89. The zero-order chi connectivity index (χ0) is 18.7. The van der Waals surface area contributed by atoms with Crippen LogP contribution in [0.5, 0.6) is 5.75 Å². The Morgan fingerprint density at radius 2 is 2.08 bits per heavy atom. The first-order valence-corrected chi connectivity index (χ1v) is 7.68. The first-order valence-electron chi connectivity index (χ1n) is 7.30. The molecule has 25 heavy (non-hydrogen) atoms. The van der Waals surface area contributed by atoms with E-state index in [9.17, 15) is 18.8 Å². The molecular formula is C17H16ClFN2O4. The molecule has 6 nitrogen and oxygen atoms in total. The standard InChI is InChI=1S/C17H16ClFN2O4/c1-4-5-12-14(7-6-13(18)16(12)25-10(2)22)21-15(23)8-11(9-19)20(3)17(21)24/h4,6-8H,1,5,9H2,2-3H3. The second-order valence-corrected chi connectivity index (χ2v) is 5.65. The first kappa shape index (κ1) is 18.7. The number of hydrogen-bond acceptors (Lipinski definition) is 4. The Morgan fingerprint density at radius 3 is 2.64 bits per heavy atom. The summed E-state index contributed by atoms with van der Waals surface area (Å²) in [6.07, 6.45) is 1.71. The maximum absolute atomic E-state index is 12.9. The summed E-state index contributed by atoms with van der Waals surface area (Å²) in [7, 11) is 1.36. The molecule has 0 radical (unpaired) electrons. The summed E-state index contributed by atoms with van der Waals surface area (Å²) in [6, 6.07) is 3.92. The van der Waals surface area contributed by atoms with Crippen LogP contribution in [-0.2, 0) is 24.9 Å². The molecule has 0 atom stereocenters. The Labute approximate surface area is 147 Å². The van der Waals surface area contributed by atoms with E-state index in [4.69, 9.17) is 16.3 Å². The van der Waals surface area contributed by atoms with Gasteiger partial charge in [0.2, 0.25) is 0 Å². The van der Waals surface area contributed by atoms with Gasteiger partial charge >= 0.3 is 11.7 Å². The van der Waals surface area contributed by atoms with Crippen LogP contribution in [0.3, 0.4) is 0 Å². The first-order chi connectivity index (χ1) is 11.8. The molecule has 2 aromatic rings. The Bertz CT molecular complexity index is 962. The highest BCUT2D eigenvalue weighted by Crippen LogP contribution is 2.33. The van der Waals surface area contributed by atoms with Crippen LogP contribution >= 0.6 is 11.6 Å². The molecule has 0 bridgehead atoms. The highest BCUT2D eigenvalue weighted by Gasteiger charge is 2.19. The fraction of sp³-hybridized carbons (Fsp3) is 0.235. The lowest BCUT2D eigenvalue weighted by atomic mass is 10.1. The number of esters is 1. The number of carbonyl (C=O) groups is 1. The number of nitrogens with zero attached hydrogens (tertiary/aromatic N) is 2. The van der Waals surface area contributed by atoms with Gasteiger partial charge in [-0.1, -0.05) is 17.7 Å². The molecule has 1 heterocycles. The number of benzene rings is 1. The lowest BCUT2D eigenvalue weighted by molar-refractivity contribution is -0.131. The van der Waals surface area contributed by atoms with Gasteiger partial charge in [0.25, 0.3) is 5.56 Å². The minimum Gasteiger partial charge on any atom is -0.425 e. The van der Waals surface area contributed by atoms with Gasteiger partial charge in [0.1, 0.15) is 6.67 Å². The number of halogens is 2.